The molecule has 0 bridgehead atoms. The third-order valence-electron chi connectivity index (χ3n) is 2.40. The quantitative estimate of drug-likeness (QED) is 0.837. The van der Waals surface area contributed by atoms with Crippen LogP contribution in [0.1, 0.15) is 11.7 Å². The minimum Gasteiger partial charge on any atom is -0.486 e. The molecule has 0 saturated carbocycles. The molecule has 6 heteroatoms. The first-order chi connectivity index (χ1) is 8.15. The summed E-state index contributed by atoms with van der Waals surface area (Å²) in [4.78, 5) is 11.3. The summed E-state index contributed by atoms with van der Waals surface area (Å²) in [5, 5.41) is 9.77. The smallest absolute Gasteiger partial charge is 0.339 e. The Kier molecular flexibility index (Phi) is 3.54. The summed E-state index contributed by atoms with van der Waals surface area (Å²) in [5.74, 6) is 0.364. The minimum atomic E-state index is -1.34. The first kappa shape index (κ1) is 12.2. The number of benzene rings is 1. The van der Waals surface area contributed by atoms with Crippen molar-refractivity contribution in [3.8, 4) is 11.5 Å². The van der Waals surface area contributed by atoms with Gasteiger partial charge < -0.3 is 19.3 Å². The van der Waals surface area contributed by atoms with Crippen LogP contribution in [-0.2, 0) is 9.53 Å². The molecule has 0 radical (unpaired) electrons. The van der Waals surface area contributed by atoms with Gasteiger partial charge in [-0.2, -0.15) is 0 Å². The van der Waals surface area contributed by atoms with Crippen molar-refractivity contribution in [2.24, 2.45) is 0 Å². The van der Waals surface area contributed by atoms with E-state index in [1.54, 1.807) is 12.1 Å². The van der Waals surface area contributed by atoms with E-state index in [4.69, 9.17) is 9.47 Å². The third kappa shape index (κ3) is 2.23. The number of fused-ring (bicyclic) bond motifs is 1. The Morgan fingerprint density at radius 2 is 2.18 bits per heavy atom. The van der Waals surface area contributed by atoms with Gasteiger partial charge in [0.2, 0.25) is 0 Å². The monoisotopic (exact) mass is 302 g/mol. The molecule has 2 rings (SSSR count). The van der Waals surface area contributed by atoms with Gasteiger partial charge in [0, 0.05) is 5.56 Å². The fourth-order valence-corrected chi connectivity index (χ4v) is 2.21. The van der Waals surface area contributed by atoms with E-state index in [0.29, 0.717) is 34.7 Å². The van der Waals surface area contributed by atoms with Crippen molar-refractivity contribution in [3.63, 3.8) is 0 Å². The Morgan fingerprint density at radius 3 is 2.88 bits per heavy atom. The van der Waals surface area contributed by atoms with E-state index in [-0.39, 0.29) is 0 Å². The highest BCUT2D eigenvalue weighted by Crippen LogP contribution is 2.41. The second-order valence-electron chi connectivity index (χ2n) is 3.42. The SMILES string of the molecule is COC(=O)C(O)c1ccc2c(c1Br)OCCO2. The second kappa shape index (κ2) is 4.93. The Bertz CT molecular complexity index is 446. The fourth-order valence-electron chi connectivity index (χ4n) is 1.55. The third-order valence-corrected chi connectivity index (χ3v) is 3.22. The highest BCUT2D eigenvalue weighted by atomic mass is 79.9. The molecule has 1 aromatic carbocycles. The molecule has 1 unspecified atom stereocenters. The zero-order valence-corrected chi connectivity index (χ0v) is 10.7. The molecule has 1 N–H and O–H groups in total. The van der Waals surface area contributed by atoms with Gasteiger partial charge in [-0.15, -0.1) is 0 Å². The molecule has 92 valence electrons. The zero-order chi connectivity index (χ0) is 12.4. The Balaban J connectivity index is 2.39. The van der Waals surface area contributed by atoms with Crippen molar-refractivity contribution in [2.45, 2.75) is 6.10 Å². The van der Waals surface area contributed by atoms with E-state index in [9.17, 15) is 9.90 Å². The molecule has 0 spiro atoms. The van der Waals surface area contributed by atoms with Gasteiger partial charge in [0.15, 0.2) is 17.6 Å². The number of halogens is 1. The normalized spacial score (nSPS) is 15.2. The van der Waals surface area contributed by atoms with Crippen LogP contribution in [0.15, 0.2) is 16.6 Å². The van der Waals surface area contributed by atoms with Crippen molar-refractivity contribution < 1.29 is 24.1 Å². The maximum Gasteiger partial charge on any atom is 0.339 e. The van der Waals surface area contributed by atoms with Crippen molar-refractivity contribution >= 4 is 21.9 Å². The highest BCUT2D eigenvalue weighted by molar-refractivity contribution is 9.10. The minimum absolute atomic E-state index is 0.390. The number of carbonyl (C=O) groups excluding carboxylic acids is 1. The van der Waals surface area contributed by atoms with Gasteiger partial charge in [-0.1, -0.05) is 6.07 Å². The standard InChI is InChI=1S/C11H11BrO5/c1-15-11(14)9(13)6-2-3-7-10(8(6)12)17-5-4-16-7/h2-3,9,13H,4-5H2,1H3. The van der Waals surface area contributed by atoms with E-state index in [2.05, 4.69) is 20.7 Å². The Labute approximate surface area is 106 Å². The van der Waals surface area contributed by atoms with Crippen LogP contribution in [0.5, 0.6) is 11.5 Å². The molecule has 17 heavy (non-hydrogen) atoms. The van der Waals surface area contributed by atoms with Gasteiger partial charge in [0.05, 0.1) is 11.6 Å². The predicted molar refractivity (Wildman–Crippen MR) is 62.1 cm³/mol. The summed E-state index contributed by atoms with van der Waals surface area (Å²) in [7, 11) is 1.22. The van der Waals surface area contributed by atoms with Gasteiger partial charge in [0.25, 0.3) is 0 Å². The Hall–Kier alpha value is -1.27. The number of aliphatic hydroxyl groups is 1. The lowest BCUT2D eigenvalue weighted by molar-refractivity contribution is -0.150. The topological polar surface area (TPSA) is 65.0 Å². The van der Waals surface area contributed by atoms with Crippen molar-refractivity contribution in [2.75, 3.05) is 20.3 Å². The summed E-state index contributed by atoms with van der Waals surface area (Å²) in [6, 6.07) is 3.25. The van der Waals surface area contributed by atoms with Crippen LogP contribution < -0.4 is 9.47 Å². The van der Waals surface area contributed by atoms with Crippen molar-refractivity contribution in [1.82, 2.24) is 0 Å². The van der Waals surface area contributed by atoms with Crippen LogP contribution >= 0.6 is 15.9 Å². The van der Waals surface area contributed by atoms with Gasteiger partial charge in [0.1, 0.15) is 13.2 Å². The van der Waals surface area contributed by atoms with Crippen LogP contribution in [0.2, 0.25) is 0 Å². The maximum absolute atomic E-state index is 11.3. The number of ether oxygens (including phenoxy) is 3. The number of rotatable bonds is 2. The van der Waals surface area contributed by atoms with Gasteiger partial charge in [-0.3, -0.25) is 0 Å². The molecule has 0 fully saturated rings. The molecule has 0 aliphatic carbocycles. The first-order valence-corrected chi connectivity index (χ1v) is 5.78. The lowest BCUT2D eigenvalue weighted by Crippen LogP contribution is -2.18. The average Bonchev–Trinajstić information content (AvgIpc) is 2.38. The van der Waals surface area contributed by atoms with Crippen LogP contribution in [0.25, 0.3) is 0 Å². The number of esters is 1. The summed E-state index contributed by atoms with van der Waals surface area (Å²) < 4.78 is 15.8. The lowest BCUT2D eigenvalue weighted by Gasteiger charge is -2.21. The van der Waals surface area contributed by atoms with Crippen LogP contribution in [0, 0.1) is 0 Å². The van der Waals surface area contributed by atoms with Gasteiger partial charge in [-0.25, -0.2) is 4.79 Å². The summed E-state index contributed by atoms with van der Waals surface area (Å²) in [6.45, 7) is 0.918. The molecule has 5 nitrogen and oxygen atoms in total. The molecule has 0 aromatic heterocycles. The van der Waals surface area contributed by atoms with Crippen LogP contribution in [-0.4, -0.2) is 31.4 Å². The zero-order valence-electron chi connectivity index (χ0n) is 9.10. The number of hydrogen-bond donors (Lipinski definition) is 1. The molecule has 1 atom stereocenters. The van der Waals surface area contributed by atoms with Gasteiger partial charge >= 0.3 is 5.97 Å². The van der Waals surface area contributed by atoms with Crippen LogP contribution in [0.4, 0.5) is 0 Å². The molecule has 0 saturated heterocycles. The first-order valence-electron chi connectivity index (χ1n) is 4.99. The molecule has 0 amide bonds. The maximum atomic E-state index is 11.3. The van der Waals surface area contributed by atoms with Crippen molar-refractivity contribution in [1.29, 1.82) is 0 Å². The molecule has 1 aromatic rings. The molecular formula is C11H11BrO5. The highest BCUT2D eigenvalue weighted by Gasteiger charge is 2.25. The average molecular weight is 303 g/mol. The van der Waals surface area contributed by atoms with Gasteiger partial charge in [-0.05, 0) is 22.0 Å². The van der Waals surface area contributed by atoms with E-state index in [1.165, 1.54) is 7.11 Å². The van der Waals surface area contributed by atoms with E-state index in [0.717, 1.165) is 0 Å². The number of hydrogen-bond acceptors (Lipinski definition) is 5. The molecular weight excluding hydrogens is 292 g/mol. The fraction of sp³-hybridized carbons (Fsp3) is 0.364. The summed E-state index contributed by atoms with van der Waals surface area (Å²) in [6.07, 6.45) is -1.34. The van der Waals surface area contributed by atoms with E-state index in [1.807, 2.05) is 0 Å². The number of methoxy groups -OCH3 is 1. The molecule has 1 aliphatic heterocycles. The van der Waals surface area contributed by atoms with Crippen LogP contribution in [0.3, 0.4) is 0 Å². The molecule has 1 heterocycles. The Morgan fingerprint density at radius 1 is 1.47 bits per heavy atom. The number of aliphatic hydroxyl groups excluding tert-OH is 1. The second-order valence-corrected chi connectivity index (χ2v) is 4.21. The number of carbonyl (C=O) groups is 1. The lowest BCUT2D eigenvalue weighted by atomic mass is 10.1. The molecule has 1 aliphatic rings. The predicted octanol–water partition coefficient (Wildman–Crippen LogP) is 1.43. The van der Waals surface area contributed by atoms with E-state index >= 15 is 0 Å². The largest absolute Gasteiger partial charge is 0.486 e. The summed E-state index contributed by atoms with van der Waals surface area (Å²) >= 11 is 3.29. The van der Waals surface area contributed by atoms with E-state index < -0.39 is 12.1 Å². The van der Waals surface area contributed by atoms with Crippen molar-refractivity contribution in [3.05, 3.63) is 22.2 Å². The summed E-state index contributed by atoms with van der Waals surface area (Å²) in [5.41, 5.74) is 0.390.